The molecule has 2 atom stereocenters. The second kappa shape index (κ2) is 7.33. The smallest absolute Gasteiger partial charge is 0.348 e. The van der Waals surface area contributed by atoms with Crippen molar-refractivity contribution in [3.8, 4) is 0 Å². The normalized spacial score (nSPS) is 24.4. The Kier molecular flexibility index (Phi) is 5.42. The molecular formula is C18H20F6N2O. The van der Waals surface area contributed by atoms with Crippen molar-refractivity contribution in [2.75, 3.05) is 13.1 Å². The van der Waals surface area contributed by atoms with Crippen LogP contribution in [0.3, 0.4) is 0 Å². The highest BCUT2D eigenvalue weighted by Gasteiger charge is 2.40. The standard InChI is InChI=1S/C18H20F6N2O/c19-17(20,21)11-6-7-12(13(10-11)18(22,23)24)16(27)25-14-4-3-5-15(14)26-8-1-2-9-26/h6-7,10,14-15H,1-5,8-9H2,(H,25,27)/t14-,15+/m1/s1. The number of hydrogen-bond acceptors (Lipinski definition) is 2. The molecule has 0 unspecified atom stereocenters. The lowest BCUT2D eigenvalue weighted by atomic mass is 10.0. The minimum Gasteiger partial charge on any atom is -0.348 e. The van der Waals surface area contributed by atoms with Gasteiger partial charge >= 0.3 is 12.4 Å². The fraction of sp³-hybridized carbons (Fsp3) is 0.611. The van der Waals surface area contributed by atoms with E-state index in [1.54, 1.807) is 0 Å². The lowest BCUT2D eigenvalue weighted by molar-refractivity contribution is -0.143. The monoisotopic (exact) mass is 394 g/mol. The maximum absolute atomic E-state index is 13.3. The molecule has 2 aliphatic rings. The second-order valence-corrected chi connectivity index (χ2v) is 7.08. The van der Waals surface area contributed by atoms with Gasteiger partial charge in [0.2, 0.25) is 0 Å². The Labute approximate surface area is 152 Å². The van der Waals surface area contributed by atoms with Crippen LogP contribution in [0, 0.1) is 0 Å². The van der Waals surface area contributed by atoms with Gasteiger partial charge in [0.05, 0.1) is 16.7 Å². The lowest BCUT2D eigenvalue weighted by Gasteiger charge is -2.30. The number of likely N-dealkylation sites (tertiary alicyclic amines) is 1. The average Bonchev–Trinajstić information content (AvgIpc) is 3.23. The SMILES string of the molecule is O=C(N[C@@H]1CCC[C@@H]1N1CCCC1)c1ccc(C(F)(F)F)cc1C(F)(F)F. The van der Waals surface area contributed by atoms with Crippen LogP contribution in [0.15, 0.2) is 18.2 Å². The molecule has 150 valence electrons. The van der Waals surface area contributed by atoms with Gasteiger partial charge in [-0.15, -0.1) is 0 Å². The van der Waals surface area contributed by atoms with E-state index in [9.17, 15) is 31.1 Å². The van der Waals surface area contributed by atoms with Gasteiger partial charge in [-0.25, -0.2) is 0 Å². The Balaban J connectivity index is 1.83. The molecule has 0 radical (unpaired) electrons. The van der Waals surface area contributed by atoms with E-state index in [1.807, 2.05) is 0 Å². The predicted octanol–water partition coefficient (Wildman–Crippen LogP) is 4.47. The van der Waals surface area contributed by atoms with Crippen LogP contribution in [0.5, 0.6) is 0 Å². The Morgan fingerprint density at radius 2 is 1.63 bits per heavy atom. The largest absolute Gasteiger partial charge is 0.417 e. The van der Waals surface area contributed by atoms with Crippen molar-refractivity contribution < 1.29 is 31.1 Å². The molecule has 1 saturated carbocycles. The molecule has 9 heteroatoms. The molecule has 1 amide bonds. The van der Waals surface area contributed by atoms with Crippen LogP contribution >= 0.6 is 0 Å². The third-order valence-corrected chi connectivity index (χ3v) is 5.30. The lowest BCUT2D eigenvalue weighted by Crippen LogP contribution is -2.48. The number of nitrogens with zero attached hydrogens (tertiary/aromatic N) is 1. The van der Waals surface area contributed by atoms with Crippen LogP contribution in [0.1, 0.15) is 53.6 Å². The van der Waals surface area contributed by atoms with Crippen LogP contribution in [0.25, 0.3) is 0 Å². The van der Waals surface area contributed by atoms with E-state index in [2.05, 4.69) is 10.2 Å². The second-order valence-electron chi connectivity index (χ2n) is 7.08. The summed E-state index contributed by atoms with van der Waals surface area (Å²) in [5, 5.41) is 2.63. The maximum Gasteiger partial charge on any atom is 0.417 e. The first-order chi connectivity index (χ1) is 12.6. The summed E-state index contributed by atoms with van der Waals surface area (Å²) in [5.41, 5.74) is -3.77. The van der Waals surface area contributed by atoms with Crippen molar-refractivity contribution >= 4 is 5.91 Å². The first-order valence-corrected chi connectivity index (χ1v) is 8.91. The fourth-order valence-corrected chi connectivity index (χ4v) is 4.02. The van der Waals surface area contributed by atoms with E-state index in [0.29, 0.717) is 18.6 Å². The zero-order valence-corrected chi connectivity index (χ0v) is 14.5. The molecule has 0 spiro atoms. The highest BCUT2D eigenvalue weighted by molar-refractivity contribution is 5.96. The van der Waals surface area contributed by atoms with Gasteiger partial charge in [-0.05, 0) is 63.4 Å². The van der Waals surface area contributed by atoms with Gasteiger partial charge in [0.25, 0.3) is 5.91 Å². The van der Waals surface area contributed by atoms with Gasteiger partial charge in [0, 0.05) is 12.1 Å². The number of alkyl halides is 6. The minimum absolute atomic E-state index is 0.00150. The van der Waals surface area contributed by atoms with E-state index in [1.165, 1.54) is 0 Å². The van der Waals surface area contributed by atoms with Crippen molar-refractivity contribution in [1.82, 2.24) is 10.2 Å². The topological polar surface area (TPSA) is 32.3 Å². The van der Waals surface area contributed by atoms with Gasteiger partial charge in [0.15, 0.2) is 0 Å². The van der Waals surface area contributed by atoms with Crippen LogP contribution in [0.2, 0.25) is 0 Å². The molecule has 1 aromatic rings. The highest BCUT2D eigenvalue weighted by Crippen LogP contribution is 2.37. The summed E-state index contributed by atoms with van der Waals surface area (Å²) >= 11 is 0. The molecule has 1 aromatic carbocycles. The van der Waals surface area contributed by atoms with Crippen LogP contribution in [-0.4, -0.2) is 36.0 Å². The summed E-state index contributed by atoms with van der Waals surface area (Å²) in [6, 6.07) is 0.901. The Bertz CT molecular complexity index is 694. The van der Waals surface area contributed by atoms with Gasteiger partial charge < -0.3 is 5.32 Å². The summed E-state index contributed by atoms with van der Waals surface area (Å²) in [4.78, 5) is 14.7. The molecule has 27 heavy (non-hydrogen) atoms. The zero-order chi connectivity index (χ0) is 19.8. The molecule has 1 heterocycles. The zero-order valence-electron chi connectivity index (χ0n) is 14.5. The fourth-order valence-electron chi connectivity index (χ4n) is 4.02. The van der Waals surface area contributed by atoms with Crippen molar-refractivity contribution in [3.63, 3.8) is 0 Å². The third-order valence-electron chi connectivity index (χ3n) is 5.30. The van der Waals surface area contributed by atoms with E-state index in [0.717, 1.165) is 38.8 Å². The van der Waals surface area contributed by atoms with E-state index < -0.39 is 35.0 Å². The van der Waals surface area contributed by atoms with E-state index >= 15 is 0 Å². The highest BCUT2D eigenvalue weighted by atomic mass is 19.4. The number of rotatable bonds is 3. The summed E-state index contributed by atoms with van der Waals surface area (Å²) in [6.07, 6.45) is -5.52. The summed E-state index contributed by atoms with van der Waals surface area (Å²) in [6.45, 7) is 1.79. The van der Waals surface area contributed by atoms with Gasteiger partial charge in [-0.2, -0.15) is 26.3 Å². The third kappa shape index (κ3) is 4.39. The van der Waals surface area contributed by atoms with Gasteiger partial charge in [0.1, 0.15) is 0 Å². The van der Waals surface area contributed by atoms with E-state index in [-0.39, 0.29) is 18.2 Å². The Morgan fingerprint density at radius 1 is 0.963 bits per heavy atom. The summed E-state index contributed by atoms with van der Waals surface area (Å²) in [5.74, 6) is -0.979. The maximum atomic E-state index is 13.3. The van der Waals surface area contributed by atoms with Crippen molar-refractivity contribution in [1.29, 1.82) is 0 Å². The number of amides is 1. The Morgan fingerprint density at radius 3 is 2.22 bits per heavy atom. The molecule has 0 bridgehead atoms. The molecule has 0 aromatic heterocycles. The number of nitrogens with one attached hydrogen (secondary N) is 1. The molecule has 3 nitrogen and oxygen atoms in total. The number of carbonyl (C=O) groups excluding carboxylic acids is 1. The van der Waals surface area contributed by atoms with Crippen molar-refractivity contribution in [3.05, 3.63) is 34.9 Å². The number of hydrogen-bond donors (Lipinski definition) is 1. The van der Waals surface area contributed by atoms with Gasteiger partial charge in [-0.3, -0.25) is 9.69 Å². The van der Waals surface area contributed by atoms with Crippen molar-refractivity contribution in [2.45, 2.75) is 56.5 Å². The first kappa shape index (κ1) is 20.0. The predicted molar refractivity (Wildman–Crippen MR) is 86.1 cm³/mol. The molecule has 1 N–H and O–H groups in total. The van der Waals surface area contributed by atoms with E-state index in [4.69, 9.17) is 0 Å². The molecule has 1 aliphatic carbocycles. The van der Waals surface area contributed by atoms with Crippen molar-refractivity contribution in [2.24, 2.45) is 0 Å². The molecule has 1 saturated heterocycles. The molecular weight excluding hydrogens is 374 g/mol. The summed E-state index contributed by atoms with van der Waals surface area (Å²) < 4.78 is 78.1. The Hall–Kier alpha value is -1.77. The molecule has 1 aliphatic heterocycles. The first-order valence-electron chi connectivity index (χ1n) is 8.91. The number of halogens is 6. The average molecular weight is 394 g/mol. The summed E-state index contributed by atoms with van der Waals surface area (Å²) in [7, 11) is 0. The van der Waals surface area contributed by atoms with Crippen LogP contribution in [0.4, 0.5) is 26.3 Å². The van der Waals surface area contributed by atoms with Crippen LogP contribution < -0.4 is 5.32 Å². The quantitative estimate of drug-likeness (QED) is 0.768. The minimum atomic E-state index is -5.06. The number of carbonyl (C=O) groups is 1. The van der Waals surface area contributed by atoms with Crippen LogP contribution in [-0.2, 0) is 12.4 Å². The molecule has 3 rings (SSSR count). The molecule has 2 fully saturated rings. The van der Waals surface area contributed by atoms with Gasteiger partial charge in [-0.1, -0.05) is 0 Å². The number of benzene rings is 1.